The molecule has 0 radical (unpaired) electrons. The molecule has 1 saturated carbocycles. The Morgan fingerprint density at radius 1 is 1.33 bits per heavy atom. The van der Waals surface area contributed by atoms with Gasteiger partial charge in [0, 0.05) is 5.56 Å². The van der Waals surface area contributed by atoms with E-state index in [9.17, 15) is 9.50 Å². The highest BCUT2D eigenvalue weighted by Crippen LogP contribution is 2.28. The number of nitrogens with zero attached hydrogens (tertiary/aromatic N) is 4. The first-order chi connectivity index (χ1) is 10.2. The summed E-state index contributed by atoms with van der Waals surface area (Å²) in [5.41, 5.74) is 0.589. The summed E-state index contributed by atoms with van der Waals surface area (Å²) in [6, 6.07) is 6.09. The minimum atomic E-state index is -0.456. The molecule has 112 valence electrons. The highest BCUT2D eigenvalue weighted by molar-refractivity contribution is 5.53. The lowest BCUT2D eigenvalue weighted by Gasteiger charge is -2.14. The second-order valence-corrected chi connectivity index (χ2v) is 5.72. The first-order valence-corrected chi connectivity index (χ1v) is 7.42. The lowest BCUT2D eigenvalue weighted by Crippen LogP contribution is -2.20. The van der Waals surface area contributed by atoms with Gasteiger partial charge in [0.05, 0.1) is 12.6 Å². The van der Waals surface area contributed by atoms with E-state index in [4.69, 9.17) is 0 Å². The molecule has 2 aromatic rings. The van der Waals surface area contributed by atoms with E-state index in [1.807, 2.05) is 0 Å². The number of hydrogen-bond donors (Lipinski definition) is 1. The molecule has 1 aromatic heterocycles. The Kier molecular flexibility index (Phi) is 4.24. The van der Waals surface area contributed by atoms with Crippen LogP contribution in [0, 0.1) is 11.7 Å². The van der Waals surface area contributed by atoms with Gasteiger partial charge >= 0.3 is 0 Å². The van der Waals surface area contributed by atoms with Crippen LogP contribution in [-0.4, -0.2) is 31.4 Å². The molecule has 0 spiro atoms. The largest absolute Gasteiger partial charge is 0.391 e. The molecule has 1 aliphatic carbocycles. The number of rotatable bonds is 5. The number of benzene rings is 1. The molecular weight excluding hydrogens is 271 g/mol. The molecule has 1 aliphatic rings. The first-order valence-electron chi connectivity index (χ1n) is 7.42. The lowest BCUT2D eigenvalue weighted by atomic mass is 10.0. The smallest absolute Gasteiger partial charge is 0.205 e. The van der Waals surface area contributed by atoms with Gasteiger partial charge in [0.2, 0.25) is 5.82 Å². The van der Waals surface area contributed by atoms with E-state index in [0.29, 0.717) is 23.9 Å². The zero-order valence-electron chi connectivity index (χ0n) is 11.8. The van der Waals surface area contributed by atoms with E-state index in [-0.39, 0.29) is 5.82 Å². The third-order valence-corrected chi connectivity index (χ3v) is 3.99. The average Bonchev–Trinajstić information content (AvgIpc) is 3.10. The molecular formula is C15H19FN4O. The number of tetrazole rings is 1. The zero-order chi connectivity index (χ0) is 14.7. The molecule has 1 fully saturated rings. The van der Waals surface area contributed by atoms with E-state index in [2.05, 4.69) is 15.4 Å². The third kappa shape index (κ3) is 3.64. The highest BCUT2D eigenvalue weighted by Gasteiger charge is 2.19. The second-order valence-electron chi connectivity index (χ2n) is 5.72. The van der Waals surface area contributed by atoms with Crippen LogP contribution in [0.2, 0.25) is 0 Å². The van der Waals surface area contributed by atoms with Crippen molar-refractivity contribution in [1.29, 1.82) is 0 Å². The Labute approximate surface area is 122 Å². The first kappa shape index (κ1) is 14.1. The summed E-state index contributed by atoms with van der Waals surface area (Å²) in [7, 11) is 0. The van der Waals surface area contributed by atoms with Crippen LogP contribution in [0.5, 0.6) is 0 Å². The topological polar surface area (TPSA) is 63.8 Å². The van der Waals surface area contributed by atoms with Gasteiger partial charge in [0.1, 0.15) is 5.82 Å². The van der Waals surface area contributed by atoms with Crippen LogP contribution in [-0.2, 0) is 6.54 Å². The van der Waals surface area contributed by atoms with Gasteiger partial charge < -0.3 is 5.11 Å². The van der Waals surface area contributed by atoms with Crippen LogP contribution in [0.1, 0.15) is 32.1 Å². The molecule has 1 atom stereocenters. The van der Waals surface area contributed by atoms with Crippen molar-refractivity contribution < 1.29 is 9.50 Å². The SMILES string of the molecule is OC(CC1CCCC1)Cn1nnc(-c2cccc(F)c2)n1. The summed E-state index contributed by atoms with van der Waals surface area (Å²) < 4.78 is 13.2. The molecule has 3 rings (SSSR count). The average molecular weight is 290 g/mol. The summed E-state index contributed by atoms with van der Waals surface area (Å²) in [5, 5.41) is 22.1. The molecule has 1 aromatic carbocycles. The van der Waals surface area contributed by atoms with Gasteiger partial charge in [-0.2, -0.15) is 4.80 Å². The quantitative estimate of drug-likeness (QED) is 0.918. The Morgan fingerprint density at radius 2 is 2.14 bits per heavy atom. The van der Waals surface area contributed by atoms with Gasteiger partial charge in [0.25, 0.3) is 0 Å². The Bertz CT molecular complexity index is 595. The molecule has 0 aliphatic heterocycles. The number of hydrogen-bond acceptors (Lipinski definition) is 4. The van der Waals surface area contributed by atoms with Crippen LogP contribution in [0.15, 0.2) is 24.3 Å². The zero-order valence-corrected chi connectivity index (χ0v) is 11.8. The van der Waals surface area contributed by atoms with Crippen LogP contribution < -0.4 is 0 Å². The predicted octanol–water partition coefficient (Wildman–Crippen LogP) is 2.42. The molecule has 0 bridgehead atoms. The van der Waals surface area contributed by atoms with Crippen molar-refractivity contribution in [3.05, 3.63) is 30.1 Å². The van der Waals surface area contributed by atoms with Crippen LogP contribution in [0.4, 0.5) is 4.39 Å². The van der Waals surface area contributed by atoms with Gasteiger partial charge in [-0.1, -0.05) is 37.8 Å². The van der Waals surface area contributed by atoms with Crippen LogP contribution in [0.3, 0.4) is 0 Å². The minimum absolute atomic E-state index is 0.329. The Hall–Kier alpha value is -1.82. The van der Waals surface area contributed by atoms with Crippen LogP contribution >= 0.6 is 0 Å². The van der Waals surface area contributed by atoms with Gasteiger partial charge in [-0.05, 0) is 29.7 Å². The summed E-state index contributed by atoms with van der Waals surface area (Å²) in [6.45, 7) is 0.332. The molecule has 21 heavy (non-hydrogen) atoms. The maximum atomic E-state index is 13.2. The van der Waals surface area contributed by atoms with Crippen molar-refractivity contribution in [3.63, 3.8) is 0 Å². The fourth-order valence-electron chi connectivity index (χ4n) is 2.96. The normalized spacial score (nSPS) is 17.2. The lowest BCUT2D eigenvalue weighted by molar-refractivity contribution is 0.115. The maximum absolute atomic E-state index is 13.2. The van der Waals surface area contributed by atoms with Crippen molar-refractivity contribution >= 4 is 0 Å². The predicted molar refractivity (Wildman–Crippen MR) is 75.8 cm³/mol. The van der Waals surface area contributed by atoms with Gasteiger partial charge in [0.15, 0.2) is 0 Å². The van der Waals surface area contributed by atoms with Gasteiger partial charge in [-0.15, -0.1) is 10.2 Å². The monoisotopic (exact) mass is 290 g/mol. The molecule has 1 unspecified atom stereocenters. The Balaban J connectivity index is 1.62. The summed E-state index contributed by atoms with van der Waals surface area (Å²) >= 11 is 0. The molecule has 0 amide bonds. The highest BCUT2D eigenvalue weighted by atomic mass is 19.1. The summed E-state index contributed by atoms with van der Waals surface area (Å²) in [4.78, 5) is 1.39. The van der Waals surface area contributed by atoms with Gasteiger partial charge in [-0.3, -0.25) is 0 Å². The third-order valence-electron chi connectivity index (χ3n) is 3.99. The van der Waals surface area contributed by atoms with Crippen molar-refractivity contribution in [2.24, 2.45) is 5.92 Å². The molecule has 0 saturated heterocycles. The Morgan fingerprint density at radius 3 is 2.90 bits per heavy atom. The number of halogens is 1. The minimum Gasteiger partial charge on any atom is -0.391 e. The standard InChI is InChI=1S/C15H19FN4O/c16-13-7-3-6-12(9-13)15-17-19-20(18-15)10-14(21)8-11-4-1-2-5-11/h3,6-7,9,11,14,21H,1-2,4-5,8,10H2. The van der Waals surface area contributed by atoms with E-state index >= 15 is 0 Å². The number of aromatic nitrogens is 4. The molecule has 5 nitrogen and oxygen atoms in total. The van der Waals surface area contributed by atoms with Crippen molar-refractivity contribution in [3.8, 4) is 11.4 Å². The van der Waals surface area contributed by atoms with Gasteiger partial charge in [-0.25, -0.2) is 4.39 Å². The fraction of sp³-hybridized carbons (Fsp3) is 0.533. The van der Waals surface area contributed by atoms with Crippen molar-refractivity contribution in [1.82, 2.24) is 20.2 Å². The summed E-state index contributed by atoms with van der Waals surface area (Å²) in [5.74, 6) is 0.666. The van der Waals surface area contributed by atoms with Crippen molar-refractivity contribution in [2.45, 2.75) is 44.8 Å². The van der Waals surface area contributed by atoms with Crippen LogP contribution in [0.25, 0.3) is 11.4 Å². The molecule has 1 N–H and O–H groups in total. The van der Waals surface area contributed by atoms with E-state index in [0.717, 1.165) is 6.42 Å². The number of aliphatic hydroxyl groups excluding tert-OH is 1. The van der Waals surface area contributed by atoms with E-state index in [1.165, 1.54) is 42.6 Å². The molecule has 1 heterocycles. The molecule has 6 heteroatoms. The second kappa shape index (κ2) is 6.30. The van der Waals surface area contributed by atoms with E-state index in [1.54, 1.807) is 12.1 Å². The summed E-state index contributed by atoms with van der Waals surface area (Å²) in [6.07, 6.45) is 5.28. The van der Waals surface area contributed by atoms with E-state index < -0.39 is 6.10 Å². The maximum Gasteiger partial charge on any atom is 0.205 e. The fourth-order valence-corrected chi connectivity index (χ4v) is 2.96. The van der Waals surface area contributed by atoms with Crippen molar-refractivity contribution in [2.75, 3.05) is 0 Å². The number of aliphatic hydroxyl groups is 1.